The van der Waals surface area contributed by atoms with E-state index in [1.807, 2.05) is 0 Å². The molecular formula is C56H108N2S2. The van der Waals surface area contributed by atoms with Crippen LogP contribution < -0.4 is 0 Å². The molecule has 4 saturated carbocycles. The molecule has 0 amide bonds. The van der Waals surface area contributed by atoms with Crippen molar-refractivity contribution < 1.29 is 0 Å². The molecule has 10 unspecified atom stereocenters. The van der Waals surface area contributed by atoms with Crippen molar-refractivity contribution in [3.63, 3.8) is 0 Å². The molecule has 4 aliphatic rings. The molecule has 60 heavy (non-hydrogen) atoms. The molecule has 0 N–H and O–H groups in total. The number of rotatable bonds is 45. The van der Waals surface area contributed by atoms with Crippen LogP contribution in [-0.2, 0) is 0 Å². The Hall–Kier alpha value is 0.620. The lowest BCUT2D eigenvalue weighted by atomic mass is 9.99. The predicted octanol–water partition coefficient (Wildman–Crippen LogP) is 18.1. The minimum absolute atomic E-state index is 0.799. The maximum Gasteiger partial charge on any atom is 0.0165 e. The van der Waals surface area contributed by atoms with Gasteiger partial charge in [0.15, 0.2) is 0 Å². The summed E-state index contributed by atoms with van der Waals surface area (Å²) in [5, 5.41) is 0. The molecule has 0 aromatic rings. The van der Waals surface area contributed by atoms with Gasteiger partial charge in [-0.1, -0.05) is 216 Å². The lowest BCUT2D eigenvalue weighted by Crippen LogP contribution is -2.34. The Bertz CT molecular complexity index is 928. The molecule has 4 heteroatoms. The number of unbranched alkanes of at least 4 members (excludes halogenated alkanes) is 16. The Morgan fingerprint density at radius 2 is 0.617 bits per heavy atom. The van der Waals surface area contributed by atoms with Crippen LogP contribution in [0.2, 0.25) is 0 Å². The second kappa shape index (κ2) is 33.1. The minimum atomic E-state index is 0.799. The van der Waals surface area contributed by atoms with Crippen molar-refractivity contribution >= 4 is 21.6 Å². The SMILES string of the molecule is CCCCCC1CC1CC1CC1CCCCCCCC(CCCCC)N(C)CCSSCCN(C)C(CCCCC)CCCCCCCC1CC1CC1CC1CCCCC. The first-order valence-corrected chi connectivity index (χ1v) is 30.6. The van der Waals surface area contributed by atoms with Crippen LogP contribution in [0.15, 0.2) is 0 Å². The molecule has 0 saturated heterocycles. The number of hydrogen-bond donors (Lipinski definition) is 0. The van der Waals surface area contributed by atoms with Gasteiger partial charge >= 0.3 is 0 Å². The lowest BCUT2D eigenvalue weighted by Gasteiger charge is -2.29. The number of hydrogen-bond acceptors (Lipinski definition) is 4. The summed E-state index contributed by atoms with van der Waals surface area (Å²) in [5.41, 5.74) is 0. The van der Waals surface area contributed by atoms with Crippen LogP contribution in [0.1, 0.15) is 259 Å². The molecule has 0 aromatic carbocycles. The molecule has 354 valence electrons. The molecule has 4 fully saturated rings. The van der Waals surface area contributed by atoms with Crippen molar-refractivity contribution in [2.45, 2.75) is 271 Å². The second-order valence-electron chi connectivity index (χ2n) is 22.1. The maximum absolute atomic E-state index is 2.75. The fraction of sp³-hybridized carbons (Fsp3) is 1.00. The first-order valence-electron chi connectivity index (χ1n) is 28.1. The highest BCUT2D eigenvalue weighted by atomic mass is 33.1. The fourth-order valence-corrected chi connectivity index (χ4v) is 13.9. The van der Waals surface area contributed by atoms with Gasteiger partial charge in [0.05, 0.1) is 0 Å². The molecule has 4 rings (SSSR count). The van der Waals surface area contributed by atoms with Crippen LogP contribution >= 0.6 is 21.6 Å². The first kappa shape index (κ1) is 53.2. The molecule has 0 spiro atoms. The van der Waals surface area contributed by atoms with Crippen LogP contribution in [0.3, 0.4) is 0 Å². The fourth-order valence-electron chi connectivity index (χ4n) is 11.8. The van der Waals surface area contributed by atoms with Gasteiger partial charge in [-0.05, 0) is 126 Å². The Balaban J connectivity index is 0.963. The summed E-state index contributed by atoms with van der Waals surface area (Å²) in [5.74, 6) is 11.6. The van der Waals surface area contributed by atoms with Crippen molar-refractivity contribution in [3.05, 3.63) is 0 Å². The third kappa shape index (κ3) is 24.2. The molecular weight excluding hydrogens is 765 g/mol. The Morgan fingerprint density at radius 3 is 0.950 bits per heavy atom. The smallest absolute Gasteiger partial charge is 0.0165 e. The molecule has 0 aliphatic heterocycles. The summed E-state index contributed by atoms with van der Waals surface area (Å²) in [7, 11) is 9.19. The topological polar surface area (TPSA) is 6.48 Å². The average Bonchev–Trinajstić information content (AvgIpc) is 4.08. The summed E-state index contributed by atoms with van der Waals surface area (Å²) in [6.07, 6.45) is 53.2. The molecule has 0 bridgehead atoms. The molecule has 0 radical (unpaired) electrons. The van der Waals surface area contributed by atoms with Crippen LogP contribution in [0.5, 0.6) is 0 Å². The van der Waals surface area contributed by atoms with Crippen molar-refractivity contribution in [1.29, 1.82) is 0 Å². The predicted molar refractivity (Wildman–Crippen MR) is 275 cm³/mol. The molecule has 10 atom stereocenters. The van der Waals surface area contributed by atoms with E-state index in [4.69, 9.17) is 0 Å². The summed E-state index contributed by atoms with van der Waals surface area (Å²) in [4.78, 5) is 5.50. The molecule has 4 aliphatic carbocycles. The Kier molecular flexibility index (Phi) is 29.4. The van der Waals surface area contributed by atoms with Gasteiger partial charge in [-0.15, -0.1) is 0 Å². The van der Waals surface area contributed by atoms with Crippen LogP contribution in [0.25, 0.3) is 0 Å². The van der Waals surface area contributed by atoms with E-state index in [0.717, 1.165) is 59.4 Å². The zero-order valence-corrected chi connectivity index (χ0v) is 43.4. The summed E-state index contributed by atoms with van der Waals surface area (Å²) < 4.78 is 0. The van der Waals surface area contributed by atoms with E-state index >= 15 is 0 Å². The monoisotopic (exact) mass is 873 g/mol. The van der Waals surface area contributed by atoms with Crippen molar-refractivity contribution in [2.24, 2.45) is 47.3 Å². The zero-order chi connectivity index (χ0) is 42.6. The van der Waals surface area contributed by atoms with Gasteiger partial charge in [0, 0.05) is 36.7 Å². The highest BCUT2D eigenvalue weighted by Crippen LogP contribution is 2.55. The third-order valence-electron chi connectivity index (χ3n) is 16.7. The van der Waals surface area contributed by atoms with E-state index in [0.29, 0.717) is 0 Å². The maximum atomic E-state index is 2.75. The first-order chi connectivity index (χ1) is 29.5. The molecule has 0 heterocycles. The van der Waals surface area contributed by atoms with E-state index in [9.17, 15) is 0 Å². The van der Waals surface area contributed by atoms with Crippen molar-refractivity contribution in [3.8, 4) is 0 Å². The molecule has 2 nitrogen and oxygen atoms in total. The van der Waals surface area contributed by atoms with Crippen LogP contribution in [0.4, 0.5) is 0 Å². The van der Waals surface area contributed by atoms with Crippen molar-refractivity contribution in [1.82, 2.24) is 9.80 Å². The second-order valence-corrected chi connectivity index (χ2v) is 24.8. The number of nitrogens with zero attached hydrogens (tertiary/aromatic N) is 2. The standard InChI is InChI=1S/C56H108N2S2/c1-7-11-21-29-47-41-51(47)45-53-43-49(53)31-25-17-15-19-27-35-55(33-23-13-9-3)57(5)37-39-59-60-40-38-58(6)56(34-24-14-10-4)36-28-20-16-18-26-32-50-44-54(50)46-52-42-48(52)30-22-12-8-2/h47-56H,7-46H2,1-6H3. The molecule has 0 aromatic heterocycles. The van der Waals surface area contributed by atoms with Gasteiger partial charge in [0.1, 0.15) is 0 Å². The van der Waals surface area contributed by atoms with Crippen molar-refractivity contribution in [2.75, 3.05) is 38.7 Å². The van der Waals surface area contributed by atoms with Gasteiger partial charge in [-0.25, -0.2) is 0 Å². The quantitative estimate of drug-likeness (QED) is 0.0444. The van der Waals surface area contributed by atoms with E-state index in [2.05, 4.69) is 73.2 Å². The third-order valence-corrected chi connectivity index (χ3v) is 19.1. The van der Waals surface area contributed by atoms with Gasteiger partial charge in [0.25, 0.3) is 0 Å². The minimum Gasteiger partial charge on any atom is -0.303 e. The summed E-state index contributed by atoms with van der Waals surface area (Å²) >= 11 is 0. The van der Waals surface area contributed by atoms with E-state index in [-0.39, 0.29) is 0 Å². The lowest BCUT2D eigenvalue weighted by molar-refractivity contribution is 0.221. The average molecular weight is 874 g/mol. The summed E-state index contributed by atoms with van der Waals surface area (Å²) in [6, 6.07) is 1.60. The highest BCUT2D eigenvalue weighted by molar-refractivity contribution is 8.76. The highest BCUT2D eigenvalue weighted by Gasteiger charge is 2.45. The van der Waals surface area contributed by atoms with Crippen LogP contribution in [-0.4, -0.2) is 60.6 Å². The Labute approximate surface area is 386 Å². The Morgan fingerprint density at radius 1 is 0.350 bits per heavy atom. The van der Waals surface area contributed by atoms with Crippen LogP contribution in [0, 0.1) is 47.3 Å². The van der Waals surface area contributed by atoms with E-state index in [1.165, 1.54) is 192 Å². The van der Waals surface area contributed by atoms with Gasteiger partial charge < -0.3 is 9.80 Å². The van der Waals surface area contributed by atoms with E-state index < -0.39 is 0 Å². The largest absolute Gasteiger partial charge is 0.303 e. The van der Waals surface area contributed by atoms with Gasteiger partial charge in [-0.3, -0.25) is 0 Å². The normalized spacial score (nSPS) is 26.6. The van der Waals surface area contributed by atoms with E-state index in [1.54, 1.807) is 64.2 Å². The van der Waals surface area contributed by atoms with Gasteiger partial charge in [-0.2, -0.15) is 0 Å². The zero-order valence-electron chi connectivity index (χ0n) is 41.8. The van der Waals surface area contributed by atoms with Gasteiger partial charge in [0.2, 0.25) is 0 Å². The summed E-state index contributed by atoms with van der Waals surface area (Å²) in [6.45, 7) is 11.9.